The summed E-state index contributed by atoms with van der Waals surface area (Å²) in [5.41, 5.74) is 2.59. The van der Waals surface area contributed by atoms with Crippen LogP contribution in [0, 0.1) is 12.7 Å². The van der Waals surface area contributed by atoms with E-state index in [1.165, 1.54) is 11.6 Å². The first kappa shape index (κ1) is 16.4. The molecule has 0 aliphatic carbocycles. The number of carbonyl (C=O) groups excluding carboxylic acids is 1. The van der Waals surface area contributed by atoms with E-state index >= 15 is 0 Å². The van der Waals surface area contributed by atoms with Crippen LogP contribution in [0.3, 0.4) is 0 Å². The van der Waals surface area contributed by atoms with Gasteiger partial charge in [0.15, 0.2) is 0 Å². The molecule has 122 valence electrons. The highest BCUT2D eigenvalue weighted by molar-refractivity contribution is 7.10. The van der Waals surface area contributed by atoms with E-state index in [0.717, 1.165) is 10.4 Å². The normalized spacial score (nSPS) is 11.9. The maximum Gasteiger partial charge on any atom is 0.225 e. The van der Waals surface area contributed by atoms with E-state index in [1.807, 2.05) is 48.7 Å². The van der Waals surface area contributed by atoms with Gasteiger partial charge in [-0.15, -0.1) is 11.3 Å². The molecule has 24 heavy (non-hydrogen) atoms. The summed E-state index contributed by atoms with van der Waals surface area (Å²) in [5, 5.41) is 5.02. The predicted octanol–water partition coefficient (Wildman–Crippen LogP) is 4.64. The van der Waals surface area contributed by atoms with Gasteiger partial charge in [0, 0.05) is 4.88 Å². The van der Waals surface area contributed by atoms with Crippen molar-refractivity contribution in [3.63, 3.8) is 0 Å². The lowest BCUT2D eigenvalue weighted by atomic mass is 10.0. The van der Waals surface area contributed by atoms with E-state index in [0.29, 0.717) is 5.56 Å². The van der Waals surface area contributed by atoms with Crippen molar-refractivity contribution in [2.24, 2.45) is 0 Å². The first-order valence-corrected chi connectivity index (χ1v) is 8.64. The number of hydrogen-bond acceptors (Lipinski definition) is 2. The molecule has 2 nitrogen and oxygen atoms in total. The Labute approximate surface area is 145 Å². The molecule has 0 saturated heterocycles. The number of aryl methyl sites for hydroxylation is 1. The predicted molar refractivity (Wildman–Crippen MR) is 95.6 cm³/mol. The molecule has 1 heterocycles. The quantitative estimate of drug-likeness (QED) is 0.720. The average Bonchev–Trinajstić information content (AvgIpc) is 3.10. The molecule has 0 saturated carbocycles. The van der Waals surface area contributed by atoms with Gasteiger partial charge >= 0.3 is 0 Å². The number of rotatable bonds is 5. The third-order valence-electron chi connectivity index (χ3n) is 3.85. The van der Waals surface area contributed by atoms with Gasteiger partial charge in [0.2, 0.25) is 5.91 Å². The van der Waals surface area contributed by atoms with Crippen molar-refractivity contribution in [3.8, 4) is 0 Å². The summed E-state index contributed by atoms with van der Waals surface area (Å²) in [6.07, 6.45) is 0.0282. The van der Waals surface area contributed by atoms with Crippen LogP contribution in [-0.2, 0) is 11.2 Å². The number of thiophene rings is 1. The number of benzene rings is 2. The molecule has 0 bridgehead atoms. The lowest BCUT2D eigenvalue weighted by Gasteiger charge is -2.18. The molecule has 1 N–H and O–H groups in total. The molecular weight excluding hydrogens is 321 g/mol. The summed E-state index contributed by atoms with van der Waals surface area (Å²) in [6.45, 7) is 2.03. The fourth-order valence-corrected chi connectivity index (χ4v) is 3.36. The van der Waals surface area contributed by atoms with Gasteiger partial charge in [-0.1, -0.05) is 54.1 Å². The zero-order valence-electron chi connectivity index (χ0n) is 13.3. The number of hydrogen-bond donors (Lipinski definition) is 1. The summed E-state index contributed by atoms with van der Waals surface area (Å²) in [7, 11) is 0. The molecule has 4 heteroatoms. The molecule has 0 spiro atoms. The molecule has 2 aromatic carbocycles. The Kier molecular flexibility index (Phi) is 5.06. The standard InChI is InChI=1S/C20H18FNOS/c1-14-8-10-15(11-9-14)20(18-7-4-12-24-18)22-19(23)13-16-5-2-3-6-17(16)21/h2-12,20H,13H2,1H3,(H,22,23)/t20-/m1/s1. The van der Waals surface area contributed by atoms with Crippen molar-refractivity contribution in [2.45, 2.75) is 19.4 Å². The highest BCUT2D eigenvalue weighted by atomic mass is 32.1. The van der Waals surface area contributed by atoms with Crippen LogP contribution in [0.25, 0.3) is 0 Å². The number of amides is 1. The molecule has 0 fully saturated rings. The minimum atomic E-state index is -0.351. The van der Waals surface area contributed by atoms with Crippen LogP contribution < -0.4 is 5.32 Å². The maximum absolute atomic E-state index is 13.8. The van der Waals surface area contributed by atoms with E-state index in [9.17, 15) is 9.18 Å². The number of nitrogens with one attached hydrogen (secondary N) is 1. The zero-order chi connectivity index (χ0) is 16.9. The Morgan fingerprint density at radius 1 is 1.08 bits per heavy atom. The third kappa shape index (κ3) is 3.89. The van der Waals surface area contributed by atoms with Crippen molar-refractivity contribution >= 4 is 17.2 Å². The van der Waals surface area contributed by atoms with E-state index in [4.69, 9.17) is 0 Å². The van der Waals surface area contributed by atoms with Gasteiger partial charge in [-0.2, -0.15) is 0 Å². The van der Waals surface area contributed by atoms with Crippen LogP contribution in [0.4, 0.5) is 4.39 Å². The van der Waals surface area contributed by atoms with Crippen molar-refractivity contribution in [1.82, 2.24) is 5.32 Å². The van der Waals surface area contributed by atoms with Gasteiger partial charge in [0.05, 0.1) is 12.5 Å². The molecular formula is C20H18FNOS. The van der Waals surface area contributed by atoms with Gasteiger partial charge in [0.1, 0.15) is 5.82 Å². The van der Waals surface area contributed by atoms with Gasteiger partial charge in [-0.05, 0) is 35.6 Å². The topological polar surface area (TPSA) is 29.1 Å². The first-order chi connectivity index (χ1) is 11.6. The fourth-order valence-electron chi connectivity index (χ4n) is 2.56. The van der Waals surface area contributed by atoms with Crippen molar-refractivity contribution in [3.05, 3.63) is 93.4 Å². The Morgan fingerprint density at radius 3 is 2.50 bits per heavy atom. The van der Waals surface area contributed by atoms with Crippen molar-refractivity contribution in [2.75, 3.05) is 0 Å². The highest BCUT2D eigenvalue weighted by Gasteiger charge is 2.18. The first-order valence-electron chi connectivity index (χ1n) is 7.76. The Hall–Kier alpha value is -2.46. The molecule has 1 amide bonds. The van der Waals surface area contributed by atoms with Crippen LogP contribution in [0.5, 0.6) is 0 Å². The van der Waals surface area contributed by atoms with Crippen molar-refractivity contribution in [1.29, 1.82) is 0 Å². The van der Waals surface area contributed by atoms with Crippen LogP contribution in [0.15, 0.2) is 66.0 Å². The molecule has 0 aliphatic rings. The summed E-state index contributed by atoms with van der Waals surface area (Å²) in [5.74, 6) is -0.547. The van der Waals surface area contributed by atoms with E-state index in [-0.39, 0.29) is 24.2 Å². The third-order valence-corrected chi connectivity index (χ3v) is 4.79. The largest absolute Gasteiger partial charge is 0.344 e. The minimum absolute atomic E-state index is 0.0282. The Bertz CT molecular complexity index is 812. The van der Waals surface area contributed by atoms with Crippen LogP contribution in [-0.4, -0.2) is 5.91 Å². The summed E-state index contributed by atoms with van der Waals surface area (Å²) in [6, 6.07) is 18.2. The fraction of sp³-hybridized carbons (Fsp3) is 0.150. The summed E-state index contributed by atoms with van der Waals surface area (Å²) in [4.78, 5) is 13.5. The van der Waals surface area contributed by atoms with E-state index in [1.54, 1.807) is 29.5 Å². The second kappa shape index (κ2) is 7.41. The number of halogens is 1. The Balaban J connectivity index is 1.81. The van der Waals surface area contributed by atoms with E-state index < -0.39 is 0 Å². The SMILES string of the molecule is Cc1ccc([C@@H](NC(=O)Cc2ccccc2F)c2cccs2)cc1. The smallest absolute Gasteiger partial charge is 0.225 e. The maximum atomic E-state index is 13.8. The molecule has 3 aromatic rings. The lowest BCUT2D eigenvalue weighted by molar-refractivity contribution is -0.121. The molecule has 0 radical (unpaired) electrons. The van der Waals surface area contributed by atoms with Crippen LogP contribution >= 0.6 is 11.3 Å². The van der Waals surface area contributed by atoms with E-state index in [2.05, 4.69) is 5.32 Å². The van der Waals surface area contributed by atoms with Gasteiger partial charge in [-0.3, -0.25) is 4.79 Å². The molecule has 0 aliphatic heterocycles. The van der Waals surface area contributed by atoms with Crippen LogP contribution in [0.2, 0.25) is 0 Å². The summed E-state index contributed by atoms with van der Waals surface area (Å²) >= 11 is 1.59. The molecule has 3 rings (SSSR count). The zero-order valence-corrected chi connectivity index (χ0v) is 14.1. The Morgan fingerprint density at radius 2 is 1.83 bits per heavy atom. The lowest BCUT2D eigenvalue weighted by Crippen LogP contribution is -2.30. The van der Waals surface area contributed by atoms with Crippen molar-refractivity contribution < 1.29 is 9.18 Å². The number of carbonyl (C=O) groups is 1. The summed E-state index contributed by atoms with van der Waals surface area (Å²) < 4.78 is 13.8. The van der Waals surface area contributed by atoms with Crippen LogP contribution in [0.1, 0.15) is 27.6 Å². The molecule has 0 unspecified atom stereocenters. The second-order valence-electron chi connectivity index (χ2n) is 5.69. The minimum Gasteiger partial charge on any atom is -0.344 e. The van der Waals surface area contributed by atoms with Gasteiger partial charge in [0.25, 0.3) is 0 Å². The van der Waals surface area contributed by atoms with Gasteiger partial charge in [-0.25, -0.2) is 4.39 Å². The second-order valence-corrected chi connectivity index (χ2v) is 6.67. The van der Waals surface area contributed by atoms with Gasteiger partial charge < -0.3 is 5.32 Å². The highest BCUT2D eigenvalue weighted by Crippen LogP contribution is 2.26. The average molecular weight is 339 g/mol. The monoisotopic (exact) mass is 339 g/mol. The molecule has 1 aromatic heterocycles. The molecule has 1 atom stereocenters.